The number of fused-ring (bicyclic) bond motifs is 1. The molecule has 2 saturated heterocycles. The monoisotopic (exact) mass is 472 g/mol. The molecule has 2 heterocycles. The third-order valence-corrected chi connectivity index (χ3v) is 8.02. The lowest BCUT2D eigenvalue weighted by molar-refractivity contribution is -0.164. The minimum absolute atomic E-state index is 0.190. The van der Waals surface area contributed by atoms with Gasteiger partial charge in [-0.3, -0.25) is 9.79 Å². The molecule has 2 aromatic carbocycles. The summed E-state index contributed by atoms with van der Waals surface area (Å²) >= 11 is 5.10. The fourth-order valence-corrected chi connectivity index (χ4v) is 5.99. The number of hydrogen-bond donors (Lipinski definition) is 0. The van der Waals surface area contributed by atoms with Gasteiger partial charge in [-0.1, -0.05) is 60.7 Å². The standard InChI is InChI=1S/C22H21BrN2O3S/c1-21(2)17(18(26)28-14-16-11-7-4-8-12-16)25-19(27)22(23,20(25)29-21)24-13-15-9-5-3-6-10-15/h3-13,17,20H,14H2,1-2H3/t17-,20+,22?/m0/s1. The Morgan fingerprint density at radius 2 is 1.79 bits per heavy atom. The van der Waals surface area contributed by atoms with Gasteiger partial charge in [0.1, 0.15) is 18.0 Å². The molecule has 2 aliphatic heterocycles. The minimum atomic E-state index is -1.06. The topological polar surface area (TPSA) is 59.0 Å². The zero-order valence-electron chi connectivity index (χ0n) is 16.1. The molecule has 3 atom stereocenters. The molecule has 5 nitrogen and oxygen atoms in total. The Bertz CT molecular complexity index is 951. The Morgan fingerprint density at radius 1 is 1.17 bits per heavy atom. The highest BCUT2D eigenvalue weighted by Crippen LogP contribution is 2.58. The van der Waals surface area contributed by atoms with E-state index < -0.39 is 15.2 Å². The van der Waals surface area contributed by atoms with Crippen LogP contribution in [0.2, 0.25) is 0 Å². The van der Waals surface area contributed by atoms with Gasteiger partial charge < -0.3 is 9.64 Å². The third kappa shape index (κ3) is 3.62. The third-order valence-electron chi connectivity index (χ3n) is 5.11. The Morgan fingerprint density at radius 3 is 2.45 bits per heavy atom. The molecule has 29 heavy (non-hydrogen) atoms. The van der Waals surface area contributed by atoms with Gasteiger partial charge in [0.05, 0.1) is 0 Å². The maximum Gasteiger partial charge on any atom is 0.330 e. The van der Waals surface area contributed by atoms with Crippen molar-refractivity contribution in [3.05, 3.63) is 71.8 Å². The SMILES string of the molecule is CC1(C)S[C@H]2N(C(=O)C2(Br)N=Cc2ccccc2)[C@H]1C(=O)OCc1ccccc1. The Balaban J connectivity index is 1.50. The van der Waals surface area contributed by atoms with E-state index in [1.165, 1.54) is 0 Å². The maximum atomic E-state index is 13.0. The molecular formula is C22H21BrN2O3S. The van der Waals surface area contributed by atoms with Gasteiger partial charge in [-0.25, -0.2) is 4.79 Å². The largest absolute Gasteiger partial charge is 0.459 e. The smallest absolute Gasteiger partial charge is 0.330 e. The summed E-state index contributed by atoms with van der Waals surface area (Å²) in [4.78, 5) is 32.0. The molecule has 0 bridgehead atoms. The first-order valence-corrected chi connectivity index (χ1v) is 11.0. The van der Waals surface area contributed by atoms with Gasteiger partial charge in [0.2, 0.25) is 4.45 Å². The second kappa shape index (κ2) is 7.61. The Kier molecular flexibility index (Phi) is 5.29. The number of esters is 1. The number of carbonyl (C=O) groups excluding carboxylic acids is 2. The Labute approximate surface area is 182 Å². The molecule has 2 aliphatic rings. The van der Waals surface area contributed by atoms with Crippen molar-refractivity contribution in [1.82, 2.24) is 4.90 Å². The Hall–Kier alpha value is -2.12. The van der Waals surface area contributed by atoms with Crippen molar-refractivity contribution in [1.29, 1.82) is 0 Å². The molecular weight excluding hydrogens is 452 g/mol. The second-order valence-corrected chi connectivity index (χ2v) is 10.6. The first-order valence-electron chi connectivity index (χ1n) is 9.33. The molecule has 0 N–H and O–H groups in total. The van der Waals surface area contributed by atoms with Crippen LogP contribution in [0.4, 0.5) is 0 Å². The van der Waals surface area contributed by atoms with Crippen molar-refractivity contribution in [3.63, 3.8) is 0 Å². The molecule has 0 saturated carbocycles. The van der Waals surface area contributed by atoms with Crippen molar-refractivity contribution in [3.8, 4) is 0 Å². The average molecular weight is 473 g/mol. The maximum absolute atomic E-state index is 13.0. The van der Waals surface area contributed by atoms with Crippen LogP contribution in [0.15, 0.2) is 65.7 Å². The lowest BCUT2D eigenvalue weighted by Crippen LogP contribution is -2.70. The number of thioether (sulfide) groups is 1. The van der Waals surface area contributed by atoms with Crippen LogP contribution < -0.4 is 0 Å². The summed E-state index contributed by atoms with van der Waals surface area (Å²) in [5.41, 5.74) is 1.83. The summed E-state index contributed by atoms with van der Waals surface area (Å²) in [6.07, 6.45) is 1.69. The van der Waals surface area contributed by atoms with Gasteiger partial charge in [0, 0.05) is 11.0 Å². The lowest BCUT2D eigenvalue weighted by atomic mass is 9.96. The van der Waals surface area contributed by atoms with E-state index in [1.807, 2.05) is 74.5 Å². The van der Waals surface area contributed by atoms with E-state index >= 15 is 0 Å². The summed E-state index contributed by atoms with van der Waals surface area (Å²) in [6.45, 7) is 4.12. The number of β-lactam (4-membered cyclic amide) rings is 1. The molecule has 7 heteroatoms. The number of benzene rings is 2. The zero-order chi connectivity index (χ0) is 20.6. The number of aliphatic imine (C=N–C) groups is 1. The van der Waals surface area contributed by atoms with Crippen LogP contribution in [0.25, 0.3) is 0 Å². The highest BCUT2D eigenvalue weighted by atomic mass is 79.9. The summed E-state index contributed by atoms with van der Waals surface area (Å²) in [7, 11) is 0. The number of amides is 1. The van der Waals surface area contributed by atoms with E-state index in [9.17, 15) is 9.59 Å². The quantitative estimate of drug-likeness (QED) is 0.217. The predicted molar refractivity (Wildman–Crippen MR) is 118 cm³/mol. The van der Waals surface area contributed by atoms with E-state index in [0.717, 1.165) is 11.1 Å². The van der Waals surface area contributed by atoms with Crippen molar-refractivity contribution in [2.24, 2.45) is 4.99 Å². The first-order chi connectivity index (χ1) is 13.8. The molecule has 2 aromatic rings. The summed E-state index contributed by atoms with van der Waals surface area (Å²) in [5, 5.41) is -0.265. The van der Waals surface area contributed by atoms with Crippen LogP contribution in [0.1, 0.15) is 25.0 Å². The fourth-order valence-electron chi connectivity index (χ4n) is 3.62. The molecule has 150 valence electrons. The molecule has 4 rings (SSSR count). The van der Waals surface area contributed by atoms with E-state index in [-0.39, 0.29) is 23.9 Å². The average Bonchev–Trinajstić information content (AvgIpc) is 3.01. The molecule has 1 amide bonds. The van der Waals surface area contributed by atoms with Crippen LogP contribution in [-0.2, 0) is 20.9 Å². The minimum Gasteiger partial charge on any atom is -0.459 e. The first kappa shape index (κ1) is 20.2. The summed E-state index contributed by atoms with van der Waals surface area (Å²) in [6, 6.07) is 18.5. The van der Waals surface area contributed by atoms with Crippen LogP contribution >= 0.6 is 27.7 Å². The van der Waals surface area contributed by atoms with Gasteiger partial charge in [0.15, 0.2) is 0 Å². The number of rotatable bonds is 5. The van der Waals surface area contributed by atoms with E-state index in [2.05, 4.69) is 20.9 Å². The van der Waals surface area contributed by atoms with Gasteiger partial charge in [-0.2, -0.15) is 0 Å². The van der Waals surface area contributed by atoms with Crippen molar-refractivity contribution in [2.75, 3.05) is 0 Å². The lowest BCUT2D eigenvalue weighted by Gasteiger charge is -2.47. The molecule has 2 fully saturated rings. The molecule has 0 aliphatic carbocycles. The number of ether oxygens (including phenoxy) is 1. The van der Waals surface area contributed by atoms with Crippen LogP contribution in [0, 0.1) is 0 Å². The molecule has 0 spiro atoms. The summed E-state index contributed by atoms with van der Waals surface area (Å²) < 4.78 is 4.01. The van der Waals surface area contributed by atoms with Gasteiger partial charge in [0.25, 0.3) is 5.91 Å². The molecule has 0 radical (unpaired) electrons. The molecule has 1 unspecified atom stereocenters. The van der Waals surface area contributed by atoms with Crippen molar-refractivity contribution < 1.29 is 14.3 Å². The van der Waals surface area contributed by atoms with Gasteiger partial charge in [-0.05, 0) is 40.9 Å². The van der Waals surface area contributed by atoms with Gasteiger partial charge in [-0.15, -0.1) is 11.8 Å². The summed E-state index contributed by atoms with van der Waals surface area (Å²) in [5.74, 6) is -0.599. The highest BCUT2D eigenvalue weighted by molar-refractivity contribution is 9.10. The number of hydrogen-bond acceptors (Lipinski definition) is 5. The van der Waals surface area contributed by atoms with Crippen molar-refractivity contribution in [2.45, 2.75) is 41.1 Å². The normalized spacial score (nSPS) is 27.6. The number of alkyl halides is 1. The fraction of sp³-hybridized carbons (Fsp3) is 0.318. The van der Waals surface area contributed by atoms with E-state index in [1.54, 1.807) is 22.9 Å². The van der Waals surface area contributed by atoms with E-state index in [4.69, 9.17) is 4.74 Å². The number of nitrogens with zero attached hydrogens (tertiary/aromatic N) is 2. The number of carbonyl (C=O) groups is 2. The van der Waals surface area contributed by atoms with Crippen LogP contribution in [-0.4, -0.2) is 43.6 Å². The predicted octanol–water partition coefficient (Wildman–Crippen LogP) is 4.00. The van der Waals surface area contributed by atoms with Crippen LogP contribution in [0.3, 0.4) is 0 Å². The second-order valence-electron chi connectivity index (χ2n) is 7.62. The number of halogens is 1. The van der Waals surface area contributed by atoms with Crippen molar-refractivity contribution >= 4 is 45.8 Å². The highest BCUT2D eigenvalue weighted by Gasteiger charge is 2.71. The van der Waals surface area contributed by atoms with Gasteiger partial charge >= 0.3 is 5.97 Å². The van der Waals surface area contributed by atoms with Crippen LogP contribution in [0.5, 0.6) is 0 Å². The molecule has 0 aromatic heterocycles. The van der Waals surface area contributed by atoms with E-state index in [0.29, 0.717) is 0 Å². The zero-order valence-corrected chi connectivity index (χ0v) is 18.5.